The third-order valence-electron chi connectivity index (χ3n) is 1.63. The van der Waals surface area contributed by atoms with E-state index >= 15 is 0 Å². The van der Waals surface area contributed by atoms with Gasteiger partial charge in [0.05, 0.1) is 0 Å². The molecule has 1 N–H and O–H groups in total. The molecule has 0 fully saturated rings. The van der Waals surface area contributed by atoms with Gasteiger partial charge in [-0.3, -0.25) is 4.79 Å². The summed E-state index contributed by atoms with van der Waals surface area (Å²) >= 11 is 0. The van der Waals surface area contributed by atoms with Crippen molar-refractivity contribution in [3.8, 4) is 0 Å². The number of ketones is 1. The molecule has 0 saturated heterocycles. The van der Waals surface area contributed by atoms with Gasteiger partial charge in [-0.1, -0.05) is 13.8 Å². The Balaban J connectivity index is 4.25. The van der Waals surface area contributed by atoms with Crippen molar-refractivity contribution < 1.29 is 14.6 Å². The Morgan fingerprint density at radius 3 is 2.25 bits per heavy atom. The first-order valence-electron chi connectivity index (χ1n) is 3.96. The molecule has 3 nitrogen and oxygen atoms in total. The van der Waals surface area contributed by atoms with E-state index in [0.29, 0.717) is 0 Å². The van der Waals surface area contributed by atoms with Gasteiger partial charge in [-0.05, 0) is 6.92 Å². The Morgan fingerprint density at radius 2 is 1.92 bits per heavy atom. The standard InChI is InChI=1S/C9H16O3/c1-6(2)8(10)5-9(11)7(3)12-4/h5-7,11H,1-4H3/b9-5-. The van der Waals surface area contributed by atoms with Crippen LogP contribution >= 0.6 is 0 Å². The number of carbonyl (C=O) groups excluding carboxylic acids is 1. The van der Waals surface area contributed by atoms with Crippen molar-refractivity contribution in [3.05, 3.63) is 11.8 Å². The fraction of sp³-hybridized carbons (Fsp3) is 0.667. The minimum Gasteiger partial charge on any atom is -0.509 e. The minimum atomic E-state index is -0.410. The van der Waals surface area contributed by atoms with Gasteiger partial charge >= 0.3 is 0 Å². The first kappa shape index (κ1) is 11.2. The molecule has 0 rings (SSSR count). The third-order valence-corrected chi connectivity index (χ3v) is 1.63. The van der Waals surface area contributed by atoms with Crippen LogP contribution in [0.5, 0.6) is 0 Å². The number of allylic oxidation sites excluding steroid dienone is 1. The fourth-order valence-corrected chi connectivity index (χ4v) is 0.551. The molecule has 3 heteroatoms. The second kappa shape index (κ2) is 4.93. The lowest BCUT2D eigenvalue weighted by molar-refractivity contribution is -0.117. The number of methoxy groups -OCH3 is 1. The number of carbonyl (C=O) groups is 1. The SMILES string of the molecule is COC(C)/C(O)=C/C(=O)C(C)C. The van der Waals surface area contributed by atoms with Crippen LogP contribution in [-0.4, -0.2) is 24.1 Å². The lowest BCUT2D eigenvalue weighted by Crippen LogP contribution is -2.12. The second-order valence-corrected chi connectivity index (χ2v) is 3.00. The molecule has 0 amide bonds. The summed E-state index contributed by atoms with van der Waals surface area (Å²) in [6.07, 6.45) is 0.812. The molecular weight excluding hydrogens is 156 g/mol. The van der Waals surface area contributed by atoms with Gasteiger partial charge in [-0.2, -0.15) is 0 Å². The van der Waals surface area contributed by atoms with Crippen molar-refractivity contribution in [2.24, 2.45) is 5.92 Å². The molecule has 1 unspecified atom stereocenters. The van der Waals surface area contributed by atoms with E-state index in [0.717, 1.165) is 0 Å². The zero-order valence-corrected chi connectivity index (χ0v) is 8.00. The van der Waals surface area contributed by atoms with E-state index in [1.807, 2.05) is 0 Å². The molecule has 0 aromatic rings. The number of hydrogen-bond acceptors (Lipinski definition) is 3. The molecule has 0 aliphatic carbocycles. The van der Waals surface area contributed by atoms with Crippen molar-refractivity contribution in [3.63, 3.8) is 0 Å². The van der Waals surface area contributed by atoms with E-state index in [9.17, 15) is 9.90 Å². The van der Waals surface area contributed by atoms with Gasteiger partial charge in [-0.15, -0.1) is 0 Å². The Bertz CT molecular complexity index is 182. The zero-order valence-electron chi connectivity index (χ0n) is 8.00. The number of aliphatic hydroxyl groups is 1. The lowest BCUT2D eigenvalue weighted by atomic mass is 10.1. The predicted octanol–water partition coefficient (Wildman–Crippen LogP) is 1.69. The number of rotatable bonds is 4. The van der Waals surface area contributed by atoms with E-state index in [2.05, 4.69) is 0 Å². The van der Waals surface area contributed by atoms with E-state index in [1.165, 1.54) is 13.2 Å². The van der Waals surface area contributed by atoms with Crippen LogP contribution in [0.2, 0.25) is 0 Å². The van der Waals surface area contributed by atoms with Crippen molar-refractivity contribution >= 4 is 5.78 Å². The zero-order chi connectivity index (χ0) is 9.72. The maximum Gasteiger partial charge on any atom is 0.161 e. The van der Waals surface area contributed by atoms with Gasteiger partial charge in [0.25, 0.3) is 0 Å². The number of aliphatic hydroxyl groups excluding tert-OH is 1. The normalized spacial score (nSPS) is 14.9. The van der Waals surface area contributed by atoms with Gasteiger partial charge in [0.2, 0.25) is 0 Å². The molecule has 0 bridgehead atoms. The van der Waals surface area contributed by atoms with Gasteiger partial charge < -0.3 is 9.84 Å². The first-order chi connectivity index (χ1) is 5.49. The van der Waals surface area contributed by atoms with Crippen molar-refractivity contribution in [2.45, 2.75) is 26.9 Å². The minimum absolute atomic E-state index is 0.0174. The summed E-state index contributed by atoms with van der Waals surface area (Å²) in [5, 5.41) is 9.25. The molecule has 70 valence electrons. The summed E-state index contributed by atoms with van der Waals surface area (Å²) in [6.45, 7) is 5.24. The van der Waals surface area contributed by atoms with Crippen LogP contribution < -0.4 is 0 Å². The average molecular weight is 172 g/mol. The summed E-state index contributed by atoms with van der Waals surface area (Å²) < 4.78 is 4.82. The highest BCUT2D eigenvalue weighted by Crippen LogP contribution is 2.04. The Morgan fingerprint density at radius 1 is 1.42 bits per heavy atom. The Hall–Kier alpha value is -0.830. The van der Waals surface area contributed by atoms with E-state index in [1.54, 1.807) is 20.8 Å². The summed E-state index contributed by atoms with van der Waals surface area (Å²) in [5.74, 6) is -0.191. The first-order valence-corrected chi connectivity index (χ1v) is 3.96. The largest absolute Gasteiger partial charge is 0.509 e. The molecule has 0 spiro atoms. The average Bonchev–Trinajstić information content (AvgIpc) is 2.02. The monoisotopic (exact) mass is 172 g/mol. The predicted molar refractivity (Wildman–Crippen MR) is 47.0 cm³/mol. The highest BCUT2D eigenvalue weighted by molar-refractivity contribution is 5.91. The maximum atomic E-state index is 11.1. The van der Waals surface area contributed by atoms with Crippen molar-refractivity contribution in [1.29, 1.82) is 0 Å². The second-order valence-electron chi connectivity index (χ2n) is 3.00. The molecule has 0 aromatic heterocycles. The summed E-state index contributed by atoms with van der Waals surface area (Å²) in [4.78, 5) is 11.1. The molecule has 12 heavy (non-hydrogen) atoms. The summed E-state index contributed by atoms with van der Waals surface area (Å²) in [7, 11) is 1.48. The summed E-state index contributed by atoms with van der Waals surface area (Å²) in [6, 6.07) is 0. The van der Waals surface area contributed by atoms with Gasteiger partial charge in [0.15, 0.2) is 5.78 Å². The Labute approximate surface area is 73.0 Å². The van der Waals surface area contributed by atoms with Crippen LogP contribution in [-0.2, 0) is 9.53 Å². The van der Waals surface area contributed by atoms with Gasteiger partial charge in [0.1, 0.15) is 11.9 Å². The van der Waals surface area contributed by atoms with Gasteiger partial charge in [-0.25, -0.2) is 0 Å². The van der Waals surface area contributed by atoms with Crippen LogP contribution in [0.25, 0.3) is 0 Å². The van der Waals surface area contributed by atoms with Crippen LogP contribution in [0.1, 0.15) is 20.8 Å². The quantitative estimate of drug-likeness (QED) is 0.518. The van der Waals surface area contributed by atoms with Gasteiger partial charge in [0, 0.05) is 19.1 Å². The van der Waals surface area contributed by atoms with Crippen molar-refractivity contribution in [2.75, 3.05) is 7.11 Å². The smallest absolute Gasteiger partial charge is 0.161 e. The van der Waals surface area contributed by atoms with Crippen LogP contribution in [0.15, 0.2) is 11.8 Å². The van der Waals surface area contributed by atoms with Crippen LogP contribution in [0.3, 0.4) is 0 Å². The number of hydrogen-bond donors (Lipinski definition) is 1. The fourth-order valence-electron chi connectivity index (χ4n) is 0.551. The third kappa shape index (κ3) is 3.53. The highest BCUT2D eigenvalue weighted by atomic mass is 16.5. The molecule has 0 saturated carbocycles. The van der Waals surface area contributed by atoms with Crippen molar-refractivity contribution in [1.82, 2.24) is 0 Å². The highest BCUT2D eigenvalue weighted by Gasteiger charge is 2.09. The lowest BCUT2D eigenvalue weighted by Gasteiger charge is -2.08. The van der Waals surface area contributed by atoms with E-state index in [-0.39, 0.29) is 17.5 Å². The maximum absolute atomic E-state index is 11.1. The molecule has 0 radical (unpaired) electrons. The molecule has 0 aliphatic rings. The van der Waals surface area contributed by atoms with Crippen LogP contribution in [0, 0.1) is 5.92 Å². The Kier molecular flexibility index (Phi) is 4.59. The number of ether oxygens (including phenoxy) is 1. The molecule has 0 heterocycles. The van der Waals surface area contributed by atoms with E-state index < -0.39 is 6.10 Å². The topological polar surface area (TPSA) is 46.5 Å². The molecule has 1 atom stereocenters. The summed E-state index contributed by atoms with van der Waals surface area (Å²) in [5.41, 5.74) is 0. The molecular formula is C9H16O3. The van der Waals surface area contributed by atoms with E-state index in [4.69, 9.17) is 4.74 Å². The van der Waals surface area contributed by atoms with Crippen LogP contribution in [0.4, 0.5) is 0 Å². The molecule has 0 aliphatic heterocycles. The molecule has 0 aromatic carbocycles.